The minimum absolute atomic E-state index is 0.0851. The largest absolute Gasteiger partial charge is 0.462 e. The van der Waals surface area contributed by atoms with E-state index in [1.54, 1.807) is 0 Å². The molecular formula is C72H120O6. The SMILES string of the molecule is CC/C=C\C/C=C\C/C=C\C/C=C\C/C=C\C/C=C\C/C=C\C/C=C\CCCCCCCCCCC(=O)OCC(COC(=O)CCCCCCCCCCCCCC)OC(=O)CCCCCCC/C=C\C/C=C\CCCCC. The van der Waals surface area contributed by atoms with Crippen molar-refractivity contribution >= 4 is 17.9 Å². The zero-order valence-corrected chi connectivity index (χ0v) is 50.9. The lowest BCUT2D eigenvalue weighted by Crippen LogP contribution is -2.30. The molecule has 0 amide bonds. The van der Waals surface area contributed by atoms with Gasteiger partial charge in [0.1, 0.15) is 13.2 Å². The molecule has 0 aromatic carbocycles. The van der Waals surface area contributed by atoms with Crippen LogP contribution in [0.3, 0.4) is 0 Å². The Morgan fingerprint density at radius 2 is 0.500 bits per heavy atom. The van der Waals surface area contributed by atoms with E-state index in [1.807, 2.05) is 0 Å². The van der Waals surface area contributed by atoms with Gasteiger partial charge in [0.2, 0.25) is 0 Å². The molecule has 1 atom stereocenters. The van der Waals surface area contributed by atoms with Crippen LogP contribution in [0.5, 0.6) is 0 Å². The van der Waals surface area contributed by atoms with E-state index < -0.39 is 6.10 Å². The van der Waals surface area contributed by atoms with E-state index >= 15 is 0 Å². The smallest absolute Gasteiger partial charge is 0.306 e. The summed E-state index contributed by atoms with van der Waals surface area (Å²) in [5.41, 5.74) is 0. The number of carbonyl (C=O) groups is 3. The fraction of sp³-hybridized carbons (Fsp3) is 0.681. The van der Waals surface area contributed by atoms with Gasteiger partial charge in [-0.3, -0.25) is 14.4 Å². The Morgan fingerprint density at radius 1 is 0.269 bits per heavy atom. The maximum atomic E-state index is 12.9. The van der Waals surface area contributed by atoms with Crippen LogP contribution in [-0.2, 0) is 28.6 Å². The van der Waals surface area contributed by atoms with Gasteiger partial charge in [0.15, 0.2) is 6.10 Å². The molecule has 6 heteroatoms. The van der Waals surface area contributed by atoms with Gasteiger partial charge in [-0.15, -0.1) is 0 Å². The molecule has 0 aromatic heterocycles. The predicted molar refractivity (Wildman–Crippen MR) is 339 cm³/mol. The Balaban J connectivity index is 4.26. The van der Waals surface area contributed by atoms with E-state index in [0.29, 0.717) is 19.3 Å². The number of hydrogen-bond acceptors (Lipinski definition) is 6. The van der Waals surface area contributed by atoms with Gasteiger partial charge in [0.25, 0.3) is 0 Å². The molecule has 0 heterocycles. The highest BCUT2D eigenvalue weighted by atomic mass is 16.6. The van der Waals surface area contributed by atoms with E-state index in [4.69, 9.17) is 14.2 Å². The summed E-state index contributed by atoms with van der Waals surface area (Å²) in [6.07, 6.45) is 90.6. The van der Waals surface area contributed by atoms with Crippen molar-refractivity contribution in [2.24, 2.45) is 0 Å². The summed E-state index contributed by atoms with van der Waals surface area (Å²) in [7, 11) is 0. The fourth-order valence-corrected chi connectivity index (χ4v) is 8.84. The molecule has 0 aliphatic rings. The normalized spacial score (nSPS) is 12.9. The molecule has 0 saturated heterocycles. The number of unbranched alkanes of at least 4 members (excludes halogenated alkanes) is 27. The highest BCUT2D eigenvalue weighted by molar-refractivity contribution is 5.71. The van der Waals surface area contributed by atoms with Gasteiger partial charge >= 0.3 is 17.9 Å². The van der Waals surface area contributed by atoms with Gasteiger partial charge in [-0.2, -0.15) is 0 Å². The first-order valence-electron chi connectivity index (χ1n) is 32.5. The highest BCUT2D eigenvalue weighted by Gasteiger charge is 2.19. The molecule has 1 unspecified atom stereocenters. The van der Waals surface area contributed by atoms with Crippen LogP contribution in [0.2, 0.25) is 0 Å². The summed E-state index contributed by atoms with van der Waals surface area (Å²) in [6.45, 7) is 6.49. The number of hydrogen-bond donors (Lipinski definition) is 0. The van der Waals surface area contributed by atoms with Gasteiger partial charge in [0, 0.05) is 19.3 Å². The maximum Gasteiger partial charge on any atom is 0.306 e. The van der Waals surface area contributed by atoms with Crippen LogP contribution in [0.4, 0.5) is 0 Å². The monoisotopic (exact) mass is 1080 g/mol. The number of esters is 3. The lowest BCUT2D eigenvalue weighted by molar-refractivity contribution is -0.167. The van der Waals surface area contributed by atoms with Crippen LogP contribution >= 0.6 is 0 Å². The van der Waals surface area contributed by atoms with Crippen molar-refractivity contribution < 1.29 is 28.6 Å². The Hall–Kier alpha value is -4.19. The third kappa shape index (κ3) is 62.7. The van der Waals surface area contributed by atoms with Crippen molar-refractivity contribution in [2.75, 3.05) is 13.2 Å². The van der Waals surface area contributed by atoms with Crippen LogP contribution < -0.4 is 0 Å². The first-order chi connectivity index (χ1) is 38.5. The second kappa shape index (κ2) is 65.3. The van der Waals surface area contributed by atoms with Gasteiger partial charge in [-0.05, 0) is 116 Å². The molecule has 0 aliphatic heterocycles. The zero-order chi connectivity index (χ0) is 56.4. The molecule has 444 valence electrons. The van der Waals surface area contributed by atoms with Gasteiger partial charge in [-0.1, -0.05) is 284 Å². The number of allylic oxidation sites excluding steroid dienone is 20. The van der Waals surface area contributed by atoms with Gasteiger partial charge < -0.3 is 14.2 Å². The van der Waals surface area contributed by atoms with Crippen molar-refractivity contribution in [1.82, 2.24) is 0 Å². The zero-order valence-electron chi connectivity index (χ0n) is 50.9. The van der Waals surface area contributed by atoms with Crippen LogP contribution in [0.1, 0.15) is 297 Å². The van der Waals surface area contributed by atoms with Crippen LogP contribution in [0.15, 0.2) is 122 Å². The summed E-state index contributed by atoms with van der Waals surface area (Å²) in [4.78, 5) is 38.2. The van der Waals surface area contributed by atoms with Crippen molar-refractivity contribution in [3.8, 4) is 0 Å². The average Bonchev–Trinajstić information content (AvgIpc) is 3.44. The number of ether oxygens (including phenoxy) is 3. The number of carbonyl (C=O) groups excluding carboxylic acids is 3. The standard InChI is InChI=1S/C72H120O6/c1-4-7-10-13-16-19-22-25-27-28-29-30-31-32-33-34-35-36-37-38-39-40-41-42-43-44-46-47-50-53-56-59-62-65-71(74)77-68-69(67-76-70(73)64-61-58-55-52-49-24-21-18-15-12-9-6-3)78-72(75)66-63-60-57-54-51-48-45-26-23-20-17-14-11-8-5-2/h7,10,16-17,19-20,25-27,29-30,32-33,35-36,38-39,41-42,45,69H,4-6,8-9,11-15,18,21-24,28,31,34,37,40,43-44,46-68H2,1-3H3/b10-7-,19-16-,20-17-,27-25-,30-29-,33-32-,36-35-,39-38-,42-41-,45-26-. The summed E-state index contributed by atoms with van der Waals surface area (Å²) < 4.78 is 16.9. The topological polar surface area (TPSA) is 78.9 Å². The van der Waals surface area contributed by atoms with Gasteiger partial charge in [0.05, 0.1) is 0 Å². The molecule has 0 N–H and O–H groups in total. The predicted octanol–water partition coefficient (Wildman–Crippen LogP) is 22.4. The molecule has 0 bridgehead atoms. The van der Waals surface area contributed by atoms with E-state index in [-0.39, 0.29) is 31.1 Å². The Kier molecular flexibility index (Phi) is 61.8. The summed E-state index contributed by atoms with van der Waals surface area (Å²) >= 11 is 0. The van der Waals surface area contributed by atoms with Crippen LogP contribution in [0, 0.1) is 0 Å². The first-order valence-corrected chi connectivity index (χ1v) is 32.5. The quantitative estimate of drug-likeness (QED) is 0.0261. The maximum absolute atomic E-state index is 12.9. The highest BCUT2D eigenvalue weighted by Crippen LogP contribution is 2.15. The van der Waals surface area contributed by atoms with Crippen molar-refractivity contribution in [2.45, 2.75) is 303 Å². The molecule has 0 saturated carbocycles. The second-order valence-electron chi connectivity index (χ2n) is 21.3. The summed E-state index contributed by atoms with van der Waals surface area (Å²) in [5, 5.41) is 0. The Labute approximate surface area is 482 Å². The lowest BCUT2D eigenvalue weighted by Gasteiger charge is -2.18. The lowest BCUT2D eigenvalue weighted by atomic mass is 10.0. The molecule has 0 spiro atoms. The van der Waals surface area contributed by atoms with Crippen molar-refractivity contribution in [3.05, 3.63) is 122 Å². The molecule has 0 fully saturated rings. The van der Waals surface area contributed by atoms with E-state index in [1.165, 1.54) is 116 Å². The average molecular weight is 1080 g/mol. The molecular weight excluding hydrogens is 961 g/mol. The van der Waals surface area contributed by atoms with Crippen LogP contribution in [-0.4, -0.2) is 37.2 Å². The third-order valence-corrected chi connectivity index (χ3v) is 13.7. The molecule has 0 aromatic rings. The summed E-state index contributed by atoms with van der Waals surface area (Å²) in [6, 6.07) is 0. The molecule has 0 aliphatic carbocycles. The molecule has 78 heavy (non-hydrogen) atoms. The molecule has 0 rings (SSSR count). The minimum atomic E-state index is -0.790. The van der Waals surface area contributed by atoms with Crippen LogP contribution in [0.25, 0.3) is 0 Å². The first kappa shape index (κ1) is 73.8. The second-order valence-corrected chi connectivity index (χ2v) is 21.3. The molecule has 0 radical (unpaired) electrons. The Bertz CT molecular complexity index is 1620. The van der Waals surface area contributed by atoms with E-state index in [2.05, 4.69) is 142 Å². The van der Waals surface area contributed by atoms with Gasteiger partial charge in [-0.25, -0.2) is 0 Å². The summed E-state index contributed by atoms with van der Waals surface area (Å²) in [5.74, 6) is -0.903. The van der Waals surface area contributed by atoms with Crippen molar-refractivity contribution in [3.63, 3.8) is 0 Å². The minimum Gasteiger partial charge on any atom is -0.462 e. The Morgan fingerprint density at radius 3 is 0.808 bits per heavy atom. The fourth-order valence-electron chi connectivity index (χ4n) is 8.84. The van der Waals surface area contributed by atoms with Crippen molar-refractivity contribution in [1.29, 1.82) is 0 Å². The van der Waals surface area contributed by atoms with E-state index in [0.717, 1.165) is 141 Å². The van der Waals surface area contributed by atoms with E-state index in [9.17, 15) is 14.4 Å². The third-order valence-electron chi connectivity index (χ3n) is 13.7. The number of rotatable bonds is 58. The molecule has 6 nitrogen and oxygen atoms in total.